The van der Waals surface area contributed by atoms with Crippen LogP contribution in [0, 0.1) is 6.92 Å². The molecule has 0 saturated carbocycles. The van der Waals surface area contributed by atoms with Crippen molar-refractivity contribution in [1.29, 1.82) is 0 Å². The Balaban J connectivity index is 2.59. The summed E-state index contributed by atoms with van der Waals surface area (Å²) in [5.41, 5.74) is 1.53. The molecule has 1 N–H and O–H groups in total. The quantitative estimate of drug-likeness (QED) is 0.699. The number of aromatic amines is 1. The first-order valence-corrected chi connectivity index (χ1v) is 3.96. The fourth-order valence-electron chi connectivity index (χ4n) is 1.19. The Morgan fingerprint density at radius 3 is 2.92 bits per heavy atom. The minimum atomic E-state index is -0.0644. The Hall–Kier alpha value is -1.84. The van der Waals surface area contributed by atoms with Gasteiger partial charge in [-0.15, -0.1) is 0 Å². The molecule has 0 saturated heterocycles. The predicted octanol–water partition coefficient (Wildman–Crippen LogP) is 0.869. The van der Waals surface area contributed by atoms with E-state index in [1.54, 1.807) is 24.5 Å². The van der Waals surface area contributed by atoms with Crippen LogP contribution in [0.5, 0.6) is 0 Å². The highest BCUT2D eigenvalue weighted by Gasteiger charge is 2.00. The van der Waals surface area contributed by atoms with Gasteiger partial charge >= 0.3 is 0 Å². The third-order valence-electron chi connectivity index (χ3n) is 1.75. The number of pyridine rings is 1. The third-order valence-corrected chi connectivity index (χ3v) is 1.75. The van der Waals surface area contributed by atoms with Crippen molar-refractivity contribution in [2.45, 2.75) is 6.92 Å². The average Bonchev–Trinajstić information content (AvgIpc) is 2.47. The summed E-state index contributed by atoms with van der Waals surface area (Å²) in [5.74, 6) is 0. The highest BCUT2D eigenvalue weighted by atomic mass is 16.1. The van der Waals surface area contributed by atoms with E-state index in [0.717, 1.165) is 11.4 Å². The number of nitrogens with one attached hydrogen (secondary N) is 1. The van der Waals surface area contributed by atoms with E-state index in [1.165, 1.54) is 4.68 Å². The van der Waals surface area contributed by atoms with Crippen LogP contribution >= 0.6 is 0 Å². The maximum Gasteiger partial charge on any atom is 0.271 e. The van der Waals surface area contributed by atoms with Crippen molar-refractivity contribution in [3.05, 3.63) is 46.6 Å². The summed E-state index contributed by atoms with van der Waals surface area (Å²) in [6, 6.07) is 5.16. The van der Waals surface area contributed by atoms with Gasteiger partial charge in [0, 0.05) is 18.0 Å². The van der Waals surface area contributed by atoms with Crippen molar-refractivity contribution >= 4 is 0 Å². The van der Waals surface area contributed by atoms with Crippen molar-refractivity contribution in [2.24, 2.45) is 0 Å². The summed E-state index contributed by atoms with van der Waals surface area (Å²) < 4.78 is 1.46. The lowest BCUT2D eigenvalue weighted by Crippen LogP contribution is -2.13. The molecule has 0 aliphatic rings. The maximum atomic E-state index is 11.3. The van der Waals surface area contributed by atoms with Crippen LogP contribution in [0.2, 0.25) is 0 Å². The topological polar surface area (TPSA) is 50.7 Å². The first-order chi connectivity index (χ1) is 6.27. The van der Waals surface area contributed by atoms with Gasteiger partial charge in [-0.2, -0.15) is 0 Å². The molecule has 13 heavy (non-hydrogen) atoms. The van der Waals surface area contributed by atoms with Crippen molar-refractivity contribution in [3.63, 3.8) is 0 Å². The second-order valence-corrected chi connectivity index (χ2v) is 2.82. The van der Waals surface area contributed by atoms with Gasteiger partial charge in [-0.1, -0.05) is 0 Å². The molecule has 0 aliphatic carbocycles. The van der Waals surface area contributed by atoms with Crippen LogP contribution in [0.4, 0.5) is 0 Å². The van der Waals surface area contributed by atoms with Gasteiger partial charge in [0.1, 0.15) is 0 Å². The van der Waals surface area contributed by atoms with E-state index in [2.05, 4.69) is 10.1 Å². The van der Waals surface area contributed by atoms with Crippen LogP contribution in [-0.2, 0) is 0 Å². The second-order valence-electron chi connectivity index (χ2n) is 2.82. The molecule has 2 rings (SSSR count). The number of aromatic nitrogens is 3. The van der Waals surface area contributed by atoms with E-state index in [-0.39, 0.29) is 5.56 Å². The van der Waals surface area contributed by atoms with Crippen molar-refractivity contribution in [2.75, 3.05) is 0 Å². The minimum absolute atomic E-state index is 0.0644. The molecule has 2 aromatic heterocycles. The lowest BCUT2D eigenvalue weighted by atomic mass is 10.4. The van der Waals surface area contributed by atoms with Crippen LogP contribution in [0.3, 0.4) is 0 Å². The summed E-state index contributed by atoms with van der Waals surface area (Å²) in [6.07, 6.45) is 3.31. The smallest absolute Gasteiger partial charge is 0.271 e. The monoisotopic (exact) mass is 175 g/mol. The molecule has 0 unspecified atom stereocenters. The fourth-order valence-corrected chi connectivity index (χ4v) is 1.19. The molecule has 4 nitrogen and oxygen atoms in total. The highest BCUT2D eigenvalue weighted by molar-refractivity contribution is 5.26. The normalized spacial score (nSPS) is 10.2. The molecule has 2 aromatic rings. The van der Waals surface area contributed by atoms with E-state index < -0.39 is 0 Å². The van der Waals surface area contributed by atoms with E-state index in [4.69, 9.17) is 0 Å². The van der Waals surface area contributed by atoms with Crippen molar-refractivity contribution in [1.82, 2.24) is 14.8 Å². The standard InChI is InChI=1S/C9H9N3O/c1-7-5-9(13)12(11-7)8-3-2-4-10-6-8/h2-6,11H,1H3. The van der Waals surface area contributed by atoms with Crippen molar-refractivity contribution in [3.8, 4) is 5.69 Å². The number of nitrogens with zero attached hydrogens (tertiary/aromatic N) is 2. The molecule has 0 fully saturated rings. The number of rotatable bonds is 1. The van der Waals surface area contributed by atoms with Gasteiger partial charge in [0.25, 0.3) is 5.56 Å². The zero-order chi connectivity index (χ0) is 9.26. The largest absolute Gasteiger partial charge is 0.295 e. The molecule has 0 spiro atoms. The minimum Gasteiger partial charge on any atom is -0.295 e. The zero-order valence-corrected chi connectivity index (χ0v) is 7.19. The molecule has 0 amide bonds. The molecule has 0 radical (unpaired) electrons. The van der Waals surface area contributed by atoms with E-state index in [1.807, 2.05) is 13.0 Å². The van der Waals surface area contributed by atoms with Gasteiger partial charge in [0.05, 0.1) is 11.9 Å². The van der Waals surface area contributed by atoms with Crippen molar-refractivity contribution < 1.29 is 0 Å². The Labute approximate surface area is 74.8 Å². The van der Waals surface area contributed by atoms with Crippen LogP contribution in [-0.4, -0.2) is 14.8 Å². The van der Waals surface area contributed by atoms with Gasteiger partial charge in [-0.3, -0.25) is 14.9 Å². The number of aryl methyl sites for hydroxylation is 1. The fraction of sp³-hybridized carbons (Fsp3) is 0.111. The Morgan fingerprint density at radius 2 is 2.38 bits per heavy atom. The molecule has 2 heterocycles. The van der Waals surface area contributed by atoms with Crippen LogP contribution in [0.15, 0.2) is 35.4 Å². The SMILES string of the molecule is Cc1cc(=O)n(-c2cccnc2)[nH]1. The summed E-state index contributed by atoms with van der Waals surface area (Å²) in [6.45, 7) is 1.84. The lowest BCUT2D eigenvalue weighted by molar-refractivity contribution is 0.830. The summed E-state index contributed by atoms with van der Waals surface area (Å²) in [7, 11) is 0. The molecule has 0 atom stereocenters. The van der Waals surface area contributed by atoms with Gasteiger partial charge in [0.15, 0.2) is 0 Å². The first-order valence-electron chi connectivity index (χ1n) is 3.96. The average molecular weight is 175 g/mol. The lowest BCUT2D eigenvalue weighted by Gasteiger charge is -1.98. The molecular formula is C9H9N3O. The molecule has 4 heteroatoms. The predicted molar refractivity (Wildman–Crippen MR) is 48.9 cm³/mol. The molecule has 0 aromatic carbocycles. The first kappa shape index (κ1) is 7.79. The number of hydrogen-bond acceptors (Lipinski definition) is 2. The van der Waals surface area contributed by atoms with Crippen LogP contribution < -0.4 is 5.56 Å². The number of hydrogen-bond donors (Lipinski definition) is 1. The summed E-state index contributed by atoms with van der Waals surface area (Å²) >= 11 is 0. The van der Waals surface area contributed by atoms with Gasteiger partial charge in [-0.25, -0.2) is 4.68 Å². The van der Waals surface area contributed by atoms with Gasteiger partial charge in [0.2, 0.25) is 0 Å². The summed E-state index contributed by atoms with van der Waals surface area (Å²) in [5, 5.41) is 2.92. The van der Waals surface area contributed by atoms with E-state index in [0.29, 0.717) is 0 Å². The van der Waals surface area contributed by atoms with Crippen LogP contribution in [0.1, 0.15) is 5.69 Å². The second kappa shape index (κ2) is 2.90. The van der Waals surface area contributed by atoms with Gasteiger partial charge in [-0.05, 0) is 19.1 Å². The molecular weight excluding hydrogens is 166 g/mol. The zero-order valence-electron chi connectivity index (χ0n) is 7.19. The Bertz CT molecular complexity index is 455. The van der Waals surface area contributed by atoms with Crippen LogP contribution in [0.25, 0.3) is 5.69 Å². The Kier molecular flexibility index (Phi) is 1.73. The molecule has 0 bridgehead atoms. The van der Waals surface area contributed by atoms with Gasteiger partial charge < -0.3 is 0 Å². The van der Waals surface area contributed by atoms with E-state index in [9.17, 15) is 4.79 Å². The number of H-pyrrole nitrogens is 1. The Morgan fingerprint density at radius 1 is 1.54 bits per heavy atom. The maximum absolute atomic E-state index is 11.3. The molecule has 0 aliphatic heterocycles. The van der Waals surface area contributed by atoms with E-state index >= 15 is 0 Å². The molecule has 66 valence electrons. The third kappa shape index (κ3) is 1.38. The summed E-state index contributed by atoms with van der Waals surface area (Å²) in [4.78, 5) is 15.3. The highest BCUT2D eigenvalue weighted by Crippen LogP contribution is 1.99.